The second-order valence-electron chi connectivity index (χ2n) is 8.93. The molecule has 1 aliphatic carbocycles. The van der Waals surface area contributed by atoms with Gasteiger partial charge in [0, 0.05) is 31.2 Å². The van der Waals surface area contributed by atoms with Crippen molar-refractivity contribution in [2.75, 3.05) is 13.1 Å². The first-order chi connectivity index (χ1) is 8.53. The van der Waals surface area contributed by atoms with Gasteiger partial charge in [-0.1, -0.05) is 55.4 Å². The third-order valence-electron chi connectivity index (χ3n) is 6.26. The van der Waals surface area contributed by atoms with E-state index >= 15 is 0 Å². The Bertz CT molecular complexity index is 324. The zero-order valence-electron chi connectivity index (χ0n) is 14.3. The van der Waals surface area contributed by atoms with E-state index in [4.69, 9.17) is 0 Å². The van der Waals surface area contributed by atoms with E-state index in [2.05, 4.69) is 65.6 Å². The number of hydrogen-bond acceptors (Lipinski definition) is 2. The van der Waals surface area contributed by atoms with Gasteiger partial charge >= 0.3 is 0 Å². The number of rotatable bonds is 2. The number of piperazine rings is 1. The van der Waals surface area contributed by atoms with Crippen LogP contribution < -0.4 is 5.32 Å². The van der Waals surface area contributed by atoms with E-state index in [-0.39, 0.29) is 0 Å². The molecule has 0 amide bonds. The molecule has 2 heteroatoms. The van der Waals surface area contributed by atoms with Gasteiger partial charge in [-0.25, -0.2) is 0 Å². The van der Waals surface area contributed by atoms with Gasteiger partial charge in [0.2, 0.25) is 0 Å². The van der Waals surface area contributed by atoms with Gasteiger partial charge in [-0.2, -0.15) is 0 Å². The molecule has 19 heavy (non-hydrogen) atoms. The molecule has 0 spiro atoms. The van der Waals surface area contributed by atoms with Crippen LogP contribution in [0.5, 0.6) is 0 Å². The van der Waals surface area contributed by atoms with Crippen molar-refractivity contribution in [3.05, 3.63) is 0 Å². The van der Waals surface area contributed by atoms with Crippen LogP contribution in [-0.2, 0) is 0 Å². The molecule has 0 bridgehead atoms. The van der Waals surface area contributed by atoms with Crippen LogP contribution in [0.4, 0.5) is 0 Å². The van der Waals surface area contributed by atoms with E-state index in [0.29, 0.717) is 28.3 Å². The Morgan fingerprint density at radius 1 is 1.11 bits per heavy atom. The summed E-state index contributed by atoms with van der Waals surface area (Å²) in [6, 6.07) is 2.07. The molecular weight excluding hydrogens is 232 g/mol. The van der Waals surface area contributed by atoms with Crippen LogP contribution >= 0.6 is 0 Å². The number of nitrogens with one attached hydrogen (secondary N) is 1. The summed E-state index contributed by atoms with van der Waals surface area (Å²) in [5, 5.41) is 3.79. The number of nitrogens with zero attached hydrogens (tertiary/aromatic N) is 1. The molecule has 0 radical (unpaired) electrons. The minimum Gasteiger partial charge on any atom is -0.311 e. The van der Waals surface area contributed by atoms with Crippen LogP contribution in [0.3, 0.4) is 0 Å². The first-order valence-electron chi connectivity index (χ1n) is 8.02. The summed E-state index contributed by atoms with van der Waals surface area (Å²) in [7, 11) is 0. The summed E-state index contributed by atoms with van der Waals surface area (Å²) in [6.07, 6.45) is 1.26. The third kappa shape index (κ3) is 2.35. The number of hydrogen-bond donors (Lipinski definition) is 1. The quantitative estimate of drug-likeness (QED) is 0.822. The van der Waals surface area contributed by atoms with Gasteiger partial charge in [-0.05, 0) is 22.7 Å². The zero-order chi connectivity index (χ0) is 14.6. The van der Waals surface area contributed by atoms with Crippen LogP contribution in [0, 0.1) is 16.2 Å². The molecule has 1 saturated heterocycles. The SMILES string of the molecule is CCC1CNC(C(C)(C)C)CN1C1C(C)(C)C1(C)C. The summed E-state index contributed by atoms with van der Waals surface area (Å²) in [4.78, 5) is 2.83. The molecule has 0 aromatic heterocycles. The van der Waals surface area contributed by atoms with Crippen molar-refractivity contribution in [1.29, 1.82) is 0 Å². The van der Waals surface area contributed by atoms with Crippen molar-refractivity contribution in [1.82, 2.24) is 10.2 Å². The van der Waals surface area contributed by atoms with Crippen LogP contribution in [0.25, 0.3) is 0 Å². The van der Waals surface area contributed by atoms with Crippen molar-refractivity contribution in [2.45, 2.75) is 79.9 Å². The smallest absolute Gasteiger partial charge is 0.0244 e. The maximum Gasteiger partial charge on any atom is 0.0244 e. The van der Waals surface area contributed by atoms with Gasteiger partial charge in [0.1, 0.15) is 0 Å². The molecule has 2 rings (SSSR count). The third-order valence-corrected chi connectivity index (χ3v) is 6.26. The first-order valence-corrected chi connectivity index (χ1v) is 8.02. The van der Waals surface area contributed by atoms with Crippen molar-refractivity contribution < 1.29 is 0 Å². The van der Waals surface area contributed by atoms with Gasteiger partial charge in [0.15, 0.2) is 0 Å². The lowest BCUT2D eigenvalue weighted by atomic mass is 9.84. The Hall–Kier alpha value is -0.0800. The predicted octanol–water partition coefficient (Wildman–Crippen LogP) is 3.52. The maximum absolute atomic E-state index is 3.79. The summed E-state index contributed by atoms with van der Waals surface area (Å²) in [5.74, 6) is 0. The highest BCUT2D eigenvalue weighted by molar-refractivity contribution is 5.20. The highest BCUT2D eigenvalue weighted by Crippen LogP contribution is 2.65. The molecular formula is C17H34N2. The Morgan fingerprint density at radius 3 is 2.00 bits per heavy atom. The Morgan fingerprint density at radius 2 is 1.63 bits per heavy atom. The van der Waals surface area contributed by atoms with Gasteiger partial charge in [-0.3, -0.25) is 4.90 Å². The summed E-state index contributed by atoms with van der Waals surface area (Å²) >= 11 is 0. The molecule has 1 heterocycles. The molecule has 2 fully saturated rings. The minimum absolute atomic E-state index is 0.347. The molecule has 1 N–H and O–H groups in total. The van der Waals surface area contributed by atoms with Crippen molar-refractivity contribution in [3.8, 4) is 0 Å². The average molecular weight is 266 g/mol. The van der Waals surface area contributed by atoms with E-state index in [1.807, 2.05) is 0 Å². The van der Waals surface area contributed by atoms with E-state index in [9.17, 15) is 0 Å². The van der Waals surface area contributed by atoms with Gasteiger partial charge in [0.05, 0.1) is 0 Å². The average Bonchev–Trinajstić information content (AvgIpc) is 2.67. The fraction of sp³-hybridized carbons (Fsp3) is 1.00. The van der Waals surface area contributed by atoms with Crippen molar-refractivity contribution in [2.24, 2.45) is 16.2 Å². The van der Waals surface area contributed by atoms with Crippen LogP contribution in [0.15, 0.2) is 0 Å². The Balaban J connectivity index is 2.17. The highest BCUT2D eigenvalue weighted by atomic mass is 15.3. The first kappa shape index (κ1) is 15.3. The zero-order valence-corrected chi connectivity index (χ0v) is 14.3. The van der Waals surface area contributed by atoms with Crippen LogP contribution in [0.2, 0.25) is 0 Å². The van der Waals surface area contributed by atoms with Gasteiger partial charge < -0.3 is 5.32 Å². The molecule has 1 aliphatic heterocycles. The van der Waals surface area contributed by atoms with Gasteiger partial charge in [-0.15, -0.1) is 0 Å². The standard InChI is InChI=1S/C17H34N2/c1-9-12-10-18-13(15(2,3)4)11-19(12)14-16(5,6)17(14,7)8/h12-14,18H,9-11H2,1-8H3. The van der Waals surface area contributed by atoms with E-state index in [0.717, 1.165) is 12.6 Å². The Kier molecular flexibility index (Phi) is 3.59. The van der Waals surface area contributed by atoms with Crippen molar-refractivity contribution in [3.63, 3.8) is 0 Å². The summed E-state index contributed by atoms with van der Waals surface area (Å²) < 4.78 is 0. The molecule has 2 nitrogen and oxygen atoms in total. The predicted molar refractivity (Wildman–Crippen MR) is 83.4 cm³/mol. The van der Waals surface area contributed by atoms with E-state index in [1.165, 1.54) is 13.0 Å². The van der Waals surface area contributed by atoms with E-state index in [1.54, 1.807) is 0 Å². The second kappa shape index (κ2) is 4.46. The van der Waals surface area contributed by atoms with Gasteiger partial charge in [0.25, 0.3) is 0 Å². The Labute approximate surface area is 120 Å². The lowest BCUT2D eigenvalue weighted by Crippen LogP contribution is -2.61. The lowest BCUT2D eigenvalue weighted by Gasteiger charge is -2.46. The maximum atomic E-state index is 3.79. The fourth-order valence-corrected chi connectivity index (χ4v) is 4.09. The second-order valence-corrected chi connectivity index (χ2v) is 8.93. The lowest BCUT2D eigenvalue weighted by molar-refractivity contribution is 0.0623. The summed E-state index contributed by atoms with van der Waals surface area (Å²) in [6.45, 7) is 21.5. The highest BCUT2D eigenvalue weighted by Gasteiger charge is 2.68. The molecule has 2 aliphatic rings. The largest absolute Gasteiger partial charge is 0.311 e. The van der Waals surface area contributed by atoms with Crippen LogP contribution in [0.1, 0.15) is 61.8 Å². The molecule has 0 aromatic rings. The molecule has 112 valence electrons. The summed E-state index contributed by atoms with van der Waals surface area (Å²) in [5.41, 5.74) is 1.26. The molecule has 0 aromatic carbocycles. The van der Waals surface area contributed by atoms with Crippen molar-refractivity contribution >= 4 is 0 Å². The fourth-order valence-electron chi connectivity index (χ4n) is 4.09. The molecule has 2 unspecified atom stereocenters. The normalized spacial score (nSPS) is 35.4. The molecule has 2 atom stereocenters. The molecule has 1 saturated carbocycles. The monoisotopic (exact) mass is 266 g/mol. The van der Waals surface area contributed by atoms with Crippen LogP contribution in [-0.4, -0.2) is 36.1 Å². The topological polar surface area (TPSA) is 15.3 Å². The minimum atomic E-state index is 0.347. The van der Waals surface area contributed by atoms with E-state index < -0.39 is 0 Å².